The summed E-state index contributed by atoms with van der Waals surface area (Å²) in [5.74, 6) is 0.313. The van der Waals surface area contributed by atoms with E-state index in [1.165, 1.54) is 13.2 Å². The van der Waals surface area contributed by atoms with Crippen molar-refractivity contribution < 1.29 is 19.4 Å². The van der Waals surface area contributed by atoms with Crippen molar-refractivity contribution in [3.63, 3.8) is 0 Å². The molecule has 1 atom stereocenters. The number of ether oxygens (including phenoxy) is 2. The number of rotatable bonds is 2. The van der Waals surface area contributed by atoms with Gasteiger partial charge in [-0.3, -0.25) is 4.79 Å². The van der Waals surface area contributed by atoms with Gasteiger partial charge in [0.05, 0.1) is 12.8 Å². The summed E-state index contributed by atoms with van der Waals surface area (Å²) < 4.78 is 10.3. The number of hydrogen-bond acceptors (Lipinski definition) is 5. The average Bonchev–Trinajstić information content (AvgIpc) is 2.29. The molecule has 1 aliphatic rings. The van der Waals surface area contributed by atoms with Crippen LogP contribution in [-0.4, -0.2) is 18.1 Å². The number of hydrogen-bond donors (Lipinski definition) is 3. The highest BCUT2D eigenvalue weighted by atomic mass is 16.5. The molecule has 2 rings (SSSR count). The Labute approximate surface area is 97.6 Å². The molecule has 1 aromatic carbocycles. The van der Waals surface area contributed by atoms with Crippen molar-refractivity contribution in [1.29, 1.82) is 0 Å². The van der Waals surface area contributed by atoms with Crippen molar-refractivity contribution in [2.24, 2.45) is 5.73 Å². The Morgan fingerprint density at radius 2 is 2.29 bits per heavy atom. The average molecular weight is 236 g/mol. The molecule has 90 valence electrons. The summed E-state index contributed by atoms with van der Waals surface area (Å²) in [5.41, 5.74) is 6.06. The van der Waals surface area contributed by atoms with Gasteiger partial charge in [0.1, 0.15) is 12.0 Å². The Morgan fingerprint density at radius 3 is 2.88 bits per heavy atom. The van der Waals surface area contributed by atoms with E-state index in [-0.39, 0.29) is 5.76 Å². The smallest absolute Gasteiger partial charge is 0.290 e. The zero-order chi connectivity index (χ0) is 12.6. The fraction of sp³-hybridized carbons (Fsp3) is 0.182. The topological polar surface area (TPSA) is 93.8 Å². The monoisotopic (exact) mass is 236 g/mol. The summed E-state index contributed by atoms with van der Waals surface area (Å²) >= 11 is 0. The van der Waals surface area contributed by atoms with Crippen LogP contribution >= 0.6 is 0 Å². The minimum Gasteiger partial charge on any atom is -0.497 e. The molecule has 0 saturated carbocycles. The number of aliphatic hydroxyl groups is 1. The molecule has 0 aromatic heterocycles. The largest absolute Gasteiger partial charge is 0.497 e. The Kier molecular flexibility index (Phi) is 2.74. The first-order chi connectivity index (χ1) is 8.02. The summed E-state index contributed by atoms with van der Waals surface area (Å²) in [4.78, 5) is 11.4. The maximum Gasteiger partial charge on any atom is 0.290 e. The molecular weight excluding hydrogens is 224 g/mol. The van der Waals surface area contributed by atoms with Gasteiger partial charge < -0.3 is 25.6 Å². The van der Waals surface area contributed by atoms with Gasteiger partial charge in [-0.05, 0) is 6.07 Å². The number of benzene rings is 1. The van der Waals surface area contributed by atoms with Crippen LogP contribution < -0.4 is 20.5 Å². The van der Waals surface area contributed by atoms with Crippen molar-refractivity contribution in [3.05, 3.63) is 30.0 Å². The second-order valence-corrected chi connectivity index (χ2v) is 3.51. The van der Waals surface area contributed by atoms with Crippen LogP contribution in [-0.2, 0) is 4.79 Å². The molecule has 4 N–H and O–H groups in total. The van der Waals surface area contributed by atoms with Gasteiger partial charge in [0.15, 0.2) is 11.5 Å². The van der Waals surface area contributed by atoms with Crippen LogP contribution in [0, 0.1) is 0 Å². The van der Waals surface area contributed by atoms with Crippen LogP contribution in [0.3, 0.4) is 0 Å². The van der Waals surface area contributed by atoms with Gasteiger partial charge >= 0.3 is 0 Å². The number of methoxy groups -OCH3 is 1. The van der Waals surface area contributed by atoms with Crippen LogP contribution in [0.5, 0.6) is 11.5 Å². The summed E-state index contributed by atoms with van der Waals surface area (Å²) in [6, 6.07) is 3.10. The first-order valence-corrected chi connectivity index (χ1v) is 4.86. The standard InChI is InChI=1S/C11H12N2O4/c1-5-11(15)13-9-7(10(12)14)3-6(16-2)4-8(9)17-5/h3-4,10,14H,1,12H2,2H3,(H,13,15). The zero-order valence-corrected chi connectivity index (χ0v) is 9.19. The van der Waals surface area contributed by atoms with E-state index in [0.29, 0.717) is 22.7 Å². The van der Waals surface area contributed by atoms with E-state index in [1.54, 1.807) is 6.07 Å². The summed E-state index contributed by atoms with van der Waals surface area (Å²) in [5, 5.41) is 12.0. The number of carbonyl (C=O) groups is 1. The number of carbonyl (C=O) groups excluding carboxylic acids is 1. The zero-order valence-electron chi connectivity index (χ0n) is 9.19. The van der Waals surface area contributed by atoms with Gasteiger partial charge in [-0.1, -0.05) is 6.58 Å². The SMILES string of the molecule is C=C1Oc2cc(OC)cc(C(N)O)c2NC1=O. The van der Waals surface area contributed by atoms with E-state index < -0.39 is 12.1 Å². The molecule has 0 aliphatic carbocycles. The fourth-order valence-electron chi connectivity index (χ4n) is 1.54. The lowest BCUT2D eigenvalue weighted by Gasteiger charge is -2.23. The molecule has 1 aliphatic heterocycles. The quantitative estimate of drug-likeness (QED) is 0.513. The number of anilines is 1. The molecule has 0 saturated heterocycles. The first-order valence-electron chi connectivity index (χ1n) is 4.86. The predicted octanol–water partition coefficient (Wildman–Crippen LogP) is 0.489. The third kappa shape index (κ3) is 1.95. The highest BCUT2D eigenvalue weighted by Gasteiger charge is 2.25. The van der Waals surface area contributed by atoms with E-state index in [4.69, 9.17) is 15.2 Å². The molecule has 6 heteroatoms. The molecule has 1 aromatic rings. The van der Waals surface area contributed by atoms with Gasteiger partial charge in [-0.15, -0.1) is 0 Å². The van der Waals surface area contributed by atoms with E-state index in [0.717, 1.165) is 0 Å². The van der Waals surface area contributed by atoms with Gasteiger partial charge in [0, 0.05) is 11.6 Å². The van der Waals surface area contributed by atoms with Crippen LogP contribution in [0.4, 0.5) is 5.69 Å². The minimum absolute atomic E-state index is 0.0248. The van der Waals surface area contributed by atoms with Gasteiger partial charge in [0.25, 0.3) is 5.91 Å². The number of fused-ring (bicyclic) bond motifs is 1. The molecule has 1 amide bonds. The summed E-state index contributed by atoms with van der Waals surface area (Å²) in [7, 11) is 1.48. The molecule has 6 nitrogen and oxygen atoms in total. The molecule has 1 heterocycles. The number of nitrogens with two attached hydrogens (primary N) is 1. The van der Waals surface area contributed by atoms with E-state index in [9.17, 15) is 9.90 Å². The fourth-order valence-corrected chi connectivity index (χ4v) is 1.54. The third-order valence-electron chi connectivity index (χ3n) is 2.39. The first kappa shape index (κ1) is 11.4. The highest BCUT2D eigenvalue weighted by Crippen LogP contribution is 2.39. The number of aliphatic hydroxyl groups excluding tert-OH is 1. The Morgan fingerprint density at radius 1 is 1.59 bits per heavy atom. The van der Waals surface area contributed by atoms with Crippen molar-refractivity contribution in [1.82, 2.24) is 0 Å². The predicted molar refractivity (Wildman–Crippen MR) is 60.5 cm³/mol. The molecule has 17 heavy (non-hydrogen) atoms. The van der Waals surface area contributed by atoms with E-state index in [1.807, 2.05) is 0 Å². The Hall–Kier alpha value is -2.05. The lowest BCUT2D eigenvalue weighted by atomic mass is 10.1. The van der Waals surface area contributed by atoms with E-state index >= 15 is 0 Å². The normalized spacial score (nSPS) is 15.7. The summed E-state index contributed by atoms with van der Waals surface area (Å²) in [6.45, 7) is 3.46. The van der Waals surface area contributed by atoms with Crippen LogP contribution in [0.15, 0.2) is 24.5 Å². The summed E-state index contributed by atoms with van der Waals surface area (Å²) in [6.07, 6.45) is -1.24. The third-order valence-corrected chi connectivity index (χ3v) is 2.39. The van der Waals surface area contributed by atoms with Crippen LogP contribution in [0.1, 0.15) is 11.8 Å². The molecule has 0 spiro atoms. The van der Waals surface area contributed by atoms with Gasteiger partial charge in [0.2, 0.25) is 0 Å². The number of amides is 1. The lowest BCUT2D eigenvalue weighted by molar-refractivity contribution is -0.115. The lowest BCUT2D eigenvalue weighted by Crippen LogP contribution is -2.25. The second kappa shape index (κ2) is 4.08. The highest BCUT2D eigenvalue weighted by molar-refractivity contribution is 6.05. The Balaban J connectivity index is 2.58. The molecule has 0 bridgehead atoms. The number of nitrogens with one attached hydrogen (secondary N) is 1. The maximum absolute atomic E-state index is 11.4. The van der Waals surface area contributed by atoms with Gasteiger partial charge in [-0.25, -0.2) is 0 Å². The Bertz CT molecular complexity index is 496. The maximum atomic E-state index is 11.4. The molecule has 1 unspecified atom stereocenters. The molecular formula is C11H12N2O4. The van der Waals surface area contributed by atoms with Crippen molar-refractivity contribution >= 4 is 11.6 Å². The van der Waals surface area contributed by atoms with Gasteiger partial charge in [-0.2, -0.15) is 0 Å². The van der Waals surface area contributed by atoms with Crippen molar-refractivity contribution in [2.75, 3.05) is 12.4 Å². The molecule has 0 radical (unpaired) electrons. The van der Waals surface area contributed by atoms with Crippen LogP contribution in [0.25, 0.3) is 0 Å². The molecule has 0 fully saturated rings. The van der Waals surface area contributed by atoms with Crippen molar-refractivity contribution in [3.8, 4) is 11.5 Å². The minimum atomic E-state index is -1.24. The second-order valence-electron chi connectivity index (χ2n) is 3.51. The van der Waals surface area contributed by atoms with Crippen molar-refractivity contribution in [2.45, 2.75) is 6.23 Å². The van der Waals surface area contributed by atoms with Crippen LogP contribution in [0.2, 0.25) is 0 Å². The van der Waals surface area contributed by atoms with E-state index in [2.05, 4.69) is 11.9 Å².